The van der Waals surface area contributed by atoms with Crippen molar-refractivity contribution in [2.45, 2.75) is 6.92 Å². The number of anilines is 2. The van der Waals surface area contributed by atoms with Gasteiger partial charge in [-0.15, -0.1) is 0 Å². The second kappa shape index (κ2) is 7.49. The second-order valence-corrected chi connectivity index (χ2v) is 5.87. The van der Waals surface area contributed by atoms with Gasteiger partial charge in [0.2, 0.25) is 0 Å². The largest absolute Gasteiger partial charge is 0.395 e. The molecule has 0 unspecified atom stereocenters. The molecule has 2 aromatic rings. The average molecular weight is 333 g/mol. The summed E-state index contributed by atoms with van der Waals surface area (Å²) < 4.78 is 0. The monoisotopic (exact) mass is 332 g/mol. The predicted molar refractivity (Wildman–Crippen MR) is 95.7 cm³/mol. The molecular weight excluding hydrogens is 312 g/mol. The maximum atomic E-state index is 12.8. The van der Waals surface area contributed by atoms with Crippen molar-refractivity contribution in [1.29, 1.82) is 0 Å². The van der Waals surface area contributed by atoms with Crippen LogP contribution in [0.15, 0.2) is 42.5 Å². The first kappa shape index (κ1) is 17.3. The molecule has 4 nitrogen and oxygen atoms in total. The van der Waals surface area contributed by atoms with E-state index in [1.807, 2.05) is 49.2 Å². The van der Waals surface area contributed by atoms with Crippen molar-refractivity contribution in [2.24, 2.45) is 0 Å². The van der Waals surface area contributed by atoms with E-state index in [0.717, 1.165) is 16.9 Å². The van der Waals surface area contributed by atoms with Gasteiger partial charge in [-0.2, -0.15) is 0 Å². The van der Waals surface area contributed by atoms with E-state index >= 15 is 0 Å². The fraction of sp³-hybridized carbons (Fsp3) is 0.278. The molecule has 0 bridgehead atoms. The minimum atomic E-state index is -0.0796. The summed E-state index contributed by atoms with van der Waals surface area (Å²) in [5, 5.41) is 9.74. The van der Waals surface area contributed by atoms with E-state index in [2.05, 4.69) is 0 Å². The van der Waals surface area contributed by atoms with Crippen LogP contribution < -0.4 is 9.80 Å². The van der Waals surface area contributed by atoms with Gasteiger partial charge in [-0.1, -0.05) is 17.7 Å². The summed E-state index contributed by atoms with van der Waals surface area (Å²) in [4.78, 5) is 16.4. The van der Waals surface area contributed by atoms with E-state index in [1.165, 1.54) is 0 Å². The number of hydrogen-bond donors (Lipinski definition) is 1. The van der Waals surface area contributed by atoms with Crippen LogP contribution in [0, 0.1) is 6.92 Å². The van der Waals surface area contributed by atoms with Gasteiger partial charge in [0.1, 0.15) is 0 Å². The Labute approximate surface area is 141 Å². The zero-order chi connectivity index (χ0) is 17.0. The number of likely N-dealkylation sites (N-methyl/N-ethyl adjacent to an activating group) is 1. The second-order valence-electron chi connectivity index (χ2n) is 5.44. The van der Waals surface area contributed by atoms with E-state index < -0.39 is 0 Å². The maximum Gasteiger partial charge on any atom is 0.258 e. The van der Waals surface area contributed by atoms with Crippen molar-refractivity contribution in [3.05, 3.63) is 58.6 Å². The molecule has 1 N–H and O–H groups in total. The SMILES string of the molecule is Cc1c(C(=O)N(C)c2ccc(Cl)cc2)cccc1N(C)CCO. The minimum absolute atomic E-state index is 0.0682. The first-order chi connectivity index (χ1) is 11.0. The highest BCUT2D eigenvalue weighted by Gasteiger charge is 2.18. The Bertz CT molecular complexity index is 686. The highest BCUT2D eigenvalue weighted by atomic mass is 35.5. The zero-order valence-electron chi connectivity index (χ0n) is 13.6. The van der Waals surface area contributed by atoms with E-state index in [-0.39, 0.29) is 12.5 Å². The number of halogens is 1. The molecular formula is C18H21ClN2O2. The maximum absolute atomic E-state index is 12.8. The van der Waals surface area contributed by atoms with Crippen LogP contribution in [0.4, 0.5) is 11.4 Å². The van der Waals surface area contributed by atoms with Crippen LogP contribution in [0.25, 0.3) is 0 Å². The molecule has 0 aliphatic rings. The van der Waals surface area contributed by atoms with Gasteiger partial charge in [0.05, 0.1) is 6.61 Å². The minimum Gasteiger partial charge on any atom is -0.395 e. The summed E-state index contributed by atoms with van der Waals surface area (Å²) in [6, 6.07) is 12.8. The topological polar surface area (TPSA) is 43.8 Å². The summed E-state index contributed by atoms with van der Waals surface area (Å²) in [6.45, 7) is 2.51. The number of carbonyl (C=O) groups is 1. The van der Waals surface area contributed by atoms with Crippen molar-refractivity contribution in [2.75, 3.05) is 37.0 Å². The van der Waals surface area contributed by atoms with Gasteiger partial charge < -0.3 is 14.9 Å². The molecule has 0 spiro atoms. The number of nitrogens with zero attached hydrogens (tertiary/aromatic N) is 2. The Morgan fingerprint density at radius 3 is 2.39 bits per heavy atom. The van der Waals surface area contributed by atoms with Crippen molar-refractivity contribution in [1.82, 2.24) is 0 Å². The number of carbonyl (C=O) groups excluding carboxylic acids is 1. The molecule has 0 aromatic heterocycles. The lowest BCUT2D eigenvalue weighted by Crippen LogP contribution is -2.28. The van der Waals surface area contributed by atoms with Crippen LogP contribution in [-0.4, -0.2) is 38.3 Å². The summed E-state index contributed by atoms with van der Waals surface area (Å²) in [6.07, 6.45) is 0. The van der Waals surface area contributed by atoms with Crippen LogP contribution in [0.3, 0.4) is 0 Å². The van der Waals surface area contributed by atoms with E-state index in [4.69, 9.17) is 16.7 Å². The van der Waals surface area contributed by atoms with Crippen LogP contribution in [-0.2, 0) is 0 Å². The molecule has 122 valence electrons. The number of benzene rings is 2. The van der Waals surface area contributed by atoms with Gasteiger partial charge in [-0.05, 0) is 48.9 Å². The normalized spacial score (nSPS) is 10.5. The zero-order valence-corrected chi connectivity index (χ0v) is 14.3. The Morgan fingerprint density at radius 2 is 1.78 bits per heavy atom. The molecule has 2 rings (SSSR count). The predicted octanol–water partition coefficient (Wildman–Crippen LogP) is 3.35. The molecule has 0 atom stereocenters. The standard InChI is InChI=1S/C18H21ClN2O2/c1-13-16(5-4-6-17(13)20(2)11-12-22)18(23)21(3)15-9-7-14(19)8-10-15/h4-10,22H,11-12H2,1-3H3. The van der Waals surface area contributed by atoms with E-state index in [1.54, 1.807) is 24.1 Å². The van der Waals surface area contributed by atoms with Crippen molar-refractivity contribution >= 4 is 28.9 Å². The molecule has 0 aliphatic carbocycles. The van der Waals surface area contributed by atoms with Crippen LogP contribution in [0.1, 0.15) is 15.9 Å². The molecule has 0 fully saturated rings. The lowest BCUT2D eigenvalue weighted by atomic mass is 10.0. The van der Waals surface area contributed by atoms with Gasteiger partial charge >= 0.3 is 0 Å². The summed E-state index contributed by atoms with van der Waals surface area (Å²) in [5.74, 6) is -0.0796. The van der Waals surface area contributed by atoms with E-state index in [0.29, 0.717) is 17.1 Å². The number of hydrogen-bond acceptors (Lipinski definition) is 3. The molecule has 2 aromatic carbocycles. The van der Waals surface area contributed by atoms with Gasteiger partial charge in [0.15, 0.2) is 0 Å². The smallest absolute Gasteiger partial charge is 0.258 e. The third-order valence-electron chi connectivity index (χ3n) is 3.90. The number of rotatable bonds is 5. The van der Waals surface area contributed by atoms with Crippen LogP contribution >= 0.6 is 11.6 Å². The molecule has 0 saturated heterocycles. The van der Waals surface area contributed by atoms with E-state index in [9.17, 15) is 4.79 Å². The first-order valence-electron chi connectivity index (χ1n) is 7.41. The highest BCUT2D eigenvalue weighted by Crippen LogP contribution is 2.25. The molecule has 5 heteroatoms. The third-order valence-corrected chi connectivity index (χ3v) is 4.15. The quantitative estimate of drug-likeness (QED) is 0.913. The summed E-state index contributed by atoms with van der Waals surface area (Å²) in [5.41, 5.74) is 3.27. The summed E-state index contributed by atoms with van der Waals surface area (Å²) in [7, 11) is 3.64. The lowest BCUT2D eigenvalue weighted by molar-refractivity contribution is 0.0992. The van der Waals surface area contributed by atoms with Crippen molar-refractivity contribution in [3.63, 3.8) is 0 Å². The van der Waals surface area contributed by atoms with Crippen LogP contribution in [0.5, 0.6) is 0 Å². The van der Waals surface area contributed by atoms with Crippen LogP contribution in [0.2, 0.25) is 5.02 Å². The molecule has 23 heavy (non-hydrogen) atoms. The van der Waals surface area contributed by atoms with Gasteiger partial charge in [0, 0.05) is 42.6 Å². The fourth-order valence-electron chi connectivity index (χ4n) is 2.50. The highest BCUT2D eigenvalue weighted by molar-refractivity contribution is 6.30. The molecule has 1 amide bonds. The van der Waals surface area contributed by atoms with Gasteiger partial charge in [-0.25, -0.2) is 0 Å². The average Bonchev–Trinajstić information content (AvgIpc) is 2.54. The first-order valence-corrected chi connectivity index (χ1v) is 7.78. The molecule has 0 aliphatic heterocycles. The third kappa shape index (κ3) is 3.84. The number of aliphatic hydroxyl groups is 1. The Kier molecular flexibility index (Phi) is 5.64. The van der Waals surface area contributed by atoms with Crippen molar-refractivity contribution in [3.8, 4) is 0 Å². The molecule has 0 heterocycles. The van der Waals surface area contributed by atoms with Crippen molar-refractivity contribution < 1.29 is 9.90 Å². The Morgan fingerprint density at radius 1 is 1.13 bits per heavy atom. The summed E-state index contributed by atoms with van der Waals surface area (Å²) >= 11 is 5.89. The van der Waals surface area contributed by atoms with Gasteiger partial charge in [-0.3, -0.25) is 4.79 Å². The number of aliphatic hydroxyl groups excluding tert-OH is 1. The fourth-order valence-corrected chi connectivity index (χ4v) is 2.63. The lowest BCUT2D eigenvalue weighted by Gasteiger charge is -2.24. The number of amides is 1. The Hall–Kier alpha value is -2.04. The Balaban J connectivity index is 2.32. The van der Waals surface area contributed by atoms with Gasteiger partial charge in [0.25, 0.3) is 5.91 Å². The molecule has 0 saturated carbocycles. The molecule has 0 radical (unpaired) electrons.